The highest BCUT2D eigenvalue weighted by molar-refractivity contribution is 5.34. The lowest BCUT2D eigenvalue weighted by atomic mass is 9.95. The van der Waals surface area contributed by atoms with Gasteiger partial charge in [0.05, 0.1) is 6.20 Å². The number of nitrogens with zero attached hydrogens (tertiary/aromatic N) is 4. The highest BCUT2D eigenvalue weighted by Crippen LogP contribution is 2.29. The van der Waals surface area contributed by atoms with Crippen molar-refractivity contribution in [3.63, 3.8) is 0 Å². The lowest BCUT2D eigenvalue weighted by Crippen LogP contribution is -2.28. The van der Waals surface area contributed by atoms with Crippen LogP contribution in [0, 0.1) is 0 Å². The number of aromatic nitrogens is 4. The molecule has 2 atom stereocenters. The largest absolute Gasteiger partial charge is 0.327 e. The second-order valence-electron chi connectivity index (χ2n) is 4.77. The Hall–Kier alpha value is -1.49. The molecule has 1 aliphatic rings. The predicted octanol–water partition coefficient (Wildman–Crippen LogP) is 1.50. The molecule has 2 aromatic rings. The van der Waals surface area contributed by atoms with Gasteiger partial charge in [-0.15, -0.1) is 10.2 Å². The van der Waals surface area contributed by atoms with Crippen LogP contribution in [0.15, 0.2) is 18.6 Å². The highest BCUT2D eigenvalue weighted by Gasteiger charge is 2.26. The van der Waals surface area contributed by atoms with Gasteiger partial charge in [0, 0.05) is 24.4 Å². The summed E-state index contributed by atoms with van der Waals surface area (Å²) in [7, 11) is 0. The van der Waals surface area contributed by atoms with E-state index in [4.69, 9.17) is 5.73 Å². The van der Waals surface area contributed by atoms with Gasteiger partial charge in [0.1, 0.15) is 5.82 Å². The van der Waals surface area contributed by atoms with E-state index >= 15 is 0 Å². The Morgan fingerprint density at radius 3 is 3.00 bits per heavy atom. The molecule has 0 aliphatic heterocycles. The van der Waals surface area contributed by atoms with E-state index in [0.29, 0.717) is 5.92 Å². The maximum atomic E-state index is 6.26. The van der Waals surface area contributed by atoms with Crippen LogP contribution < -0.4 is 5.73 Å². The minimum absolute atomic E-state index is 0.207. The third-order valence-corrected chi connectivity index (χ3v) is 3.64. The summed E-state index contributed by atoms with van der Waals surface area (Å²) in [5.74, 6) is 1.33. The molecule has 3 rings (SSSR count). The second-order valence-corrected chi connectivity index (χ2v) is 4.77. The molecule has 17 heavy (non-hydrogen) atoms. The second kappa shape index (κ2) is 4.41. The quantitative estimate of drug-likeness (QED) is 0.755. The maximum Gasteiger partial charge on any atom is 0.179 e. The summed E-state index contributed by atoms with van der Waals surface area (Å²) < 4.78 is 2.02. The van der Waals surface area contributed by atoms with E-state index in [1.165, 1.54) is 19.3 Å². The molecule has 0 aromatic carbocycles. The zero-order valence-corrected chi connectivity index (χ0v) is 9.79. The summed E-state index contributed by atoms with van der Waals surface area (Å²) in [6.07, 6.45) is 11.4. The van der Waals surface area contributed by atoms with E-state index in [-0.39, 0.29) is 6.04 Å². The lowest BCUT2D eigenvalue weighted by molar-refractivity contribution is 0.480. The molecule has 0 amide bonds. The summed E-state index contributed by atoms with van der Waals surface area (Å²) in [4.78, 5) is 4.05. The Bertz CT molecular complexity index is 506. The molecule has 5 heteroatoms. The van der Waals surface area contributed by atoms with Crippen molar-refractivity contribution >= 4 is 5.65 Å². The van der Waals surface area contributed by atoms with Gasteiger partial charge in [0.25, 0.3) is 0 Å². The standard InChI is InChI=1S/C12H17N5/c13-10-5-3-1-2-4-9(10)12-16-15-11-8-14-6-7-17(11)12/h6-10H,1-5,13H2. The first-order valence-corrected chi connectivity index (χ1v) is 6.26. The minimum Gasteiger partial charge on any atom is -0.327 e. The Morgan fingerprint density at radius 2 is 2.06 bits per heavy atom. The van der Waals surface area contributed by atoms with Crippen molar-refractivity contribution in [2.45, 2.75) is 44.1 Å². The zero-order chi connectivity index (χ0) is 11.7. The van der Waals surface area contributed by atoms with Crippen molar-refractivity contribution in [3.05, 3.63) is 24.4 Å². The summed E-state index contributed by atoms with van der Waals surface area (Å²) in [5.41, 5.74) is 7.07. The monoisotopic (exact) mass is 231 g/mol. The average molecular weight is 231 g/mol. The Balaban J connectivity index is 2.01. The minimum atomic E-state index is 0.207. The third kappa shape index (κ3) is 1.91. The van der Waals surface area contributed by atoms with Gasteiger partial charge in [-0.3, -0.25) is 9.38 Å². The Morgan fingerprint density at radius 1 is 1.18 bits per heavy atom. The smallest absolute Gasteiger partial charge is 0.179 e. The van der Waals surface area contributed by atoms with Crippen LogP contribution in [0.4, 0.5) is 0 Å². The van der Waals surface area contributed by atoms with E-state index in [9.17, 15) is 0 Å². The van der Waals surface area contributed by atoms with Gasteiger partial charge >= 0.3 is 0 Å². The van der Waals surface area contributed by atoms with Gasteiger partial charge in [-0.25, -0.2) is 0 Å². The fourth-order valence-electron chi connectivity index (χ4n) is 2.68. The summed E-state index contributed by atoms with van der Waals surface area (Å²) >= 11 is 0. The van der Waals surface area contributed by atoms with Gasteiger partial charge in [0.2, 0.25) is 0 Å². The van der Waals surface area contributed by atoms with E-state index < -0.39 is 0 Å². The number of nitrogens with two attached hydrogens (primary N) is 1. The predicted molar refractivity (Wildman–Crippen MR) is 64.6 cm³/mol. The number of fused-ring (bicyclic) bond motifs is 1. The van der Waals surface area contributed by atoms with Crippen molar-refractivity contribution in [1.82, 2.24) is 19.6 Å². The molecule has 1 saturated carbocycles. The molecule has 0 bridgehead atoms. The molecule has 0 radical (unpaired) electrons. The molecule has 1 aliphatic carbocycles. The summed E-state index contributed by atoms with van der Waals surface area (Å²) in [6.45, 7) is 0. The van der Waals surface area contributed by atoms with E-state index in [1.54, 1.807) is 12.4 Å². The molecule has 90 valence electrons. The Kier molecular flexibility index (Phi) is 2.76. The molecule has 2 N–H and O–H groups in total. The lowest BCUT2D eigenvalue weighted by Gasteiger charge is -2.19. The third-order valence-electron chi connectivity index (χ3n) is 3.64. The maximum absolute atomic E-state index is 6.26. The van der Waals surface area contributed by atoms with Crippen LogP contribution in [0.1, 0.15) is 43.8 Å². The van der Waals surface area contributed by atoms with Gasteiger partial charge in [-0.05, 0) is 12.8 Å². The first-order valence-electron chi connectivity index (χ1n) is 6.26. The van der Waals surface area contributed by atoms with Crippen LogP contribution in [0.3, 0.4) is 0 Å². The van der Waals surface area contributed by atoms with Crippen LogP contribution in [-0.2, 0) is 0 Å². The molecular formula is C12H17N5. The molecule has 2 heterocycles. The highest BCUT2D eigenvalue weighted by atomic mass is 15.3. The van der Waals surface area contributed by atoms with E-state index in [2.05, 4.69) is 15.2 Å². The van der Waals surface area contributed by atoms with Crippen molar-refractivity contribution in [1.29, 1.82) is 0 Å². The van der Waals surface area contributed by atoms with Crippen LogP contribution in [0.5, 0.6) is 0 Å². The van der Waals surface area contributed by atoms with Crippen LogP contribution >= 0.6 is 0 Å². The van der Waals surface area contributed by atoms with Gasteiger partial charge in [0.15, 0.2) is 5.65 Å². The molecule has 0 spiro atoms. The topological polar surface area (TPSA) is 69.1 Å². The summed E-state index contributed by atoms with van der Waals surface area (Å²) in [5, 5.41) is 8.46. The van der Waals surface area contributed by atoms with Crippen LogP contribution in [0.25, 0.3) is 5.65 Å². The first-order chi connectivity index (χ1) is 8.36. The molecule has 0 saturated heterocycles. The number of hydrogen-bond donors (Lipinski definition) is 1. The first kappa shape index (κ1) is 10.7. The zero-order valence-electron chi connectivity index (χ0n) is 9.79. The fourth-order valence-corrected chi connectivity index (χ4v) is 2.68. The number of hydrogen-bond acceptors (Lipinski definition) is 4. The Labute approximate surface area is 100 Å². The normalized spacial score (nSPS) is 25.9. The molecule has 5 nitrogen and oxygen atoms in total. The molecule has 2 aromatic heterocycles. The van der Waals surface area contributed by atoms with Crippen LogP contribution in [-0.4, -0.2) is 25.6 Å². The van der Waals surface area contributed by atoms with Gasteiger partial charge < -0.3 is 5.73 Å². The van der Waals surface area contributed by atoms with Crippen LogP contribution in [0.2, 0.25) is 0 Å². The average Bonchev–Trinajstić information content (AvgIpc) is 2.66. The SMILES string of the molecule is NC1CCCCCC1c1nnc2cnccn12. The van der Waals surface area contributed by atoms with Crippen molar-refractivity contribution in [2.75, 3.05) is 0 Å². The van der Waals surface area contributed by atoms with Crippen molar-refractivity contribution < 1.29 is 0 Å². The molecule has 1 fully saturated rings. The molecular weight excluding hydrogens is 214 g/mol. The van der Waals surface area contributed by atoms with Crippen molar-refractivity contribution in [3.8, 4) is 0 Å². The molecule has 2 unspecified atom stereocenters. The van der Waals surface area contributed by atoms with Crippen molar-refractivity contribution in [2.24, 2.45) is 5.73 Å². The van der Waals surface area contributed by atoms with E-state index in [0.717, 1.165) is 24.3 Å². The number of rotatable bonds is 1. The van der Waals surface area contributed by atoms with Gasteiger partial charge in [-0.1, -0.05) is 19.3 Å². The fraction of sp³-hybridized carbons (Fsp3) is 0.583. The van der Waals surface area contributed by atoms with Gasteiger partial charge in [-0.2, -0.15) is 0 Å². The summed E-state index contributed by atoms with van der Waals surface area (Å²) in [6, 6.07) is 0.207. The van der Waals surface area contributed by atoms with E-state index in [1.807, 2.05) is 10.6 Å².